The van der Waals surface area contributed by atoms with E-state index in [0.29, 0.717) is 0 Å². The van der Waals surface area contributed by atoms with Crippen LogP contribution in [0.15, 0.2) is 61.7 Å². The fraction of sp³-hybridized carbons (Fsp3) is 0.222. The summed E-state index contributed by atoms with van der Waals surface area (Å²) in [5.74, 6) is 0.826. The Morgan fingerprint density at radius 2 is 2.14 bits per heavy atom. The fourth-order valence-corrected chi connectivity index (χ4v) is 2.29. The minimum atomic E-state index is 0.742. The van der Waals surface area contributed by atoms with E-state index in [4.69, 9.17) is 5.73 Å². The highest BCUT2D eigenvalue weighted by Crippen LogP contribution is 2.20. The molecule has 22 heavy (non-hydrogen) atoms. The third-order valence-electron chi connectivity index (χ3n) is 3.65. The zero-order valence-corrected chi connectivity index (χ0v) is 13.2. The molecule has 1 aromatic carbocycles. The van der Waals surface area contributed by atoms with E-state index in [1.165, 1.54) is 5.56 Å². The molecule has 4 heteroatoms. The number of hydrogen-bond donors (Lipinski definition) is 3. The molecule has 1 aliphatic rings. The summed E-state index contributed by atoms with van der Waals surface area (Å²) in [5.41, 5.74) is 10.7. The van der Waals surface area contributed by atoms with E-state index in [2.05, 4.69) is 43.4 Å². The number of rotatable bonds is 6. The van der Waals surface area contributed by atoms with E-state index in [9.17, 15) is 0 Å². The SMILES string of the molecule is C=C1C=CN(CCNC(=C)c2cc(CC)ccc2N)C(=C)N1. The molecule has 1 aliphatic heterocycles. The summed E-state index contributed by atoms with van der Waals surface area (Å²) in [6.07, 6.45) is 4.87. The minimum absolute atomic E-state index is 0.742. The normalized spacial score (nSPS) is 14.0. The molecule has 0 unspecified atom stereocenters. The first-order valence-electron chi connectivity index (χ1n) is 7.42. The highest BCUT2D eigenvalue weighted by Gasteiger charge is 2.10. The standard InChI is InChI=1S/C18H24N4/c1-5-16-6-7-18(19)17(12-16)14(3)20-9-11-22-10-8-13(2)21-15(22)4/h6-8,10,12,20-21H,2-5,9,11,19H2,1H3. The van der Waals surface area contributed by atoms with Crippen LogP contribution in [0.2, 0.25) is 0 Å². The van der Waals surface area contributed by atoms with Gasteiger partial charge in [0.05, 0.1) is 0 Å². The maximum atomic E-state index is 6.04. The second kappa shape index (κ2) is 6.89. The average molecular weight is 296 g/mol. The quantitative estimate of drug-likeness (QED) is 0.707. The maximum Gasteiger partial charge on any atom is 0.102 e. The van der Waals surface area contributed by atoms with E-state index < -0.39 is 0 Å². The van der Waals surface area contributed by atoms with Gasteiger partial charge in [0, 0.05) is 41.9 Å². The van der Waals surface area contributed by atoms with Crippen LogP contribution in [0.4, 0.5) is 5.69 Å². The van der Waals surface area contributed by atoms with Crippen LogP contribution in [-0.4, -0.2) is 18.0 Å². The van der Waals surface area contributed by atoms with Crippen LogP contribution in [0.25, 0.3) is 5.70 Å². The Morgan fingerprint density at radius 1 is 1.36 bits per heavy atom. The van der Waals surface area contributed by atoms with Gasteiger partial charge in [-0.2, -0.15) is 0 Å². The van der Waals surface area contributed by atoms with Crippen LogP contribution in [0.5, 0.6) is 0 Å². The van der Waals surface area contributed by atoms with Crippen molar-refractivity contribution in [2.45, 2.75) is 13.3 Å². The van der Waals surface area contributed by atoms with Crippen molar-refractivity contribution in [2.75, 3.05) is 18.8 Å². The topological polar surface area (TPSA) is 53.3 Å². The number of aryl methyl sites for hydroxylation is 1. The second-order valence-corrected chi connectivity index (χ2v) is 5.29. The molecular formula is C18H24N4. The number of allylic oxidation sites excluding steroid dienone is 1. The molecule has 0 atom stereocenters. The second-order valence-electron chi connectivity index (χ2n) is 5.29. The summed E-state index contributed by atoms with van der Waals surface area (Å²) < 4.78 is 0. The molecule has 0 spiro atoms. The third kappa shape index (κ3) is 3.73. The van der Waals surface area contributed by atoms with Crippen molar-refractivity contribution in [3.8, 4) is 0 Å². The lowest BCUT2D eigenvalue weighted by atomic mass is 10.0. The van der Waals surface area contributed by atoms with E-state index in [1.807, 2.05) is 29.3 Å². The lowest BCUT2D eigenvalue weighted by Gasteiger charge is -2.28. The van der Waals surface area contributed by atoms with Crippen molar-refractivity contribution >= 4 is 11.4 Å². The molecule has 0 fully saturated rings. The molecule has 0 aromatic heterocycles. The van der Waals surface area contributed by atoms with Gasteiger partial charge in [-0.3, -0.25) is 0 Å². The van der Waals surface area contributed by atoms with Gasteiger partial charge in [-0.25, -0.2) is 0 Å². The maximum absolute atomic E-state index is 6.04. The van der Waals surface area contributed by atoms with E-state index in [1.54, 1.807) is 0 Å². The molecule has 0 bridgehead atoms. The van der Waals surface area contributed by atoms with Gasteiger partial charge in [0.25, 0.3) is 0 Å². The largest absolute Gasteiger partial charge is 0.398 e. The molecule has 2 rings (SSSR count). The molecule has 4 nitrogen and oxygen atoms in total. The van der Waals surface area contributed by atoms with Gasteiger partial charge >= 0.3 is 0 Å². The Hall–Kier alpha value is -2.62. The van der Waals surface area contributed by atoms with Gasteiger partial charge in [-0.1, -0.05) is 32.7 Å². The van der Waals surface area contributed by atoms with Crippen molar-refractivity contribution in [1.82, 2.24) is 15.5 Å². The molecule has 0 saturated heterocycles. The molecule has 1 heterocycles. The average Bonchev–Trinajstić information content (AvgIpc) is 2.49. The van der Waals surface area contributed by atoms with Gasteiger partial charge in [-0.05, 0) is 30.2 Å². The minimum Gasteiger partial charge on any atom is -0.398 e. The molecule has 116 valence electrons. The Kier molecular flexibility index (Phi) is 4.94. The monoisotopic (exact) mass is 296 g/mol. The third-order valence-corrected chi connectivity index (χ3v) is 3.65. The number of nitrogens with two attached hydrogens (primary N) is 1. The molecule has 1 aromatic rings. The highest BCUT2D eigenvalue weighted by molar-refractivity contribution is 5.73. The summed E-state index contributed by atoms with van der Waals surface area (Å²) in [5, 5.41) is 6.43. The first-order valence-corrected chi connectivity index (χ1v) is 7.42. The molecule has 0 radical (unpaired) electrons. The number of benzene rings is 1. The Balaban J connectivity index is 1.92. The van der Waals surface area contributed by atoms with Crippen molar-refractivity contribution in [3.05, 3.63) is 72.9 Å². The lowest BCUT2D eigenvalue weighted by Crippen LogP contribution is -2.34. The van der Waals surface area contributed by atoms with Crippen molar-refractivity contribution < 1.29 is 0 Å². The lowest BCUT2D eigenvalue weighted by molar-refractivity contribution is 0.431. The Labute approximate surface area is 132 Å². The van der Waals surface area contributed by atoms with Crippen LogP contribution in [0, 0.1) is 0 Å². The van der Waals surface area contributed by atoms with Gasteiger partial charge in [-0.15, -0.1) is 0 Å². The Bertz CT molecular complexity index is 628. The molecule has 0 amide bonds. The van der Waals surface area contributed by atoms with E-state index >= 15 is 0 Å². The summed E-state index contributed by atoms with van der Waals surface area (Å²) in [6, 6.07) is 6.08. The van der Waals surface area contributed by atoms with Crippen LogP contribution in [0.3, 0.4) is 0 Å². The Morgan fingerprint density at radius 3 is 2.82 bits per heavy atom. The molecule has 0 saturated carbocycles. The zero-order chi connectivity index (χ0) is 16.1. The van der Waals surface area contributed by atoms with Crippen molar-refractivity contribution in [3.63, 3.8) is 0 Å². The fourth-order valence-electron chi connectivity index (χ4n) is 2.29. The first kappa shape index (κ1) is 15.8. The smallest absolute Gasteiger partial charge is 0.102 e. The van der Waals surface area contributed by atoms with Crippen LogP contribution in [-0.2, 0) is 6.42 Å². The number of nitrogen functional groups attached to an aromatic ring is 1. The van der Waals surface area contributed by atoms with Gasteiger partial charge in [0.2, 0.25) is 0 Å². The van der Waals surface area contributed by atoms with Crippen LogP contribution in [0.1, 0.15) is 18.1 Å². The summed E-state index contributed by atoms with van der Waals surface area (Å²) in [6.45, 7) is 15.6. The molecule has 4 N–H and O–H groups in total. The van der Waals surface area contributed by atoms with Gasteiger partial charge in [0.1, 0.15) is 5.82 Å². The van der Waals surface area contributed by atoms with Gasteiger partial charge in [0.15, 0.2) is 0 Å². The predicted octanol–water partition coefficient (Wildman–Crippen LogP) is 2.80. The van der Waals surface area contributed by atoms with Crippen LogP contribution < -0.4 is 16.4 Å². The molecular weight excluding hydrogens is 272 g/mol. The predicted molar refractivity (Wildman–Crippen MR) is 94.5 cm³/mol. The highest BCUT2D eigenvalue weighted by atomic mass is 15.2. The summed E-state index contributed by atoms with van der Waals surface area (Å²) in [4.78, 5) is 2.03. The summed E-state index contributed by atoms with van der Waals surface area (Å²) in [7, 11) is 0. The number of nitrogens with zero attached hydrogens (tertiary/aromatic N) is 1. The van der Waals surface area contributed by atoms with Crippen LogP contribution >= 0.6 is 0 Å². The van der Waals surface area contributed by atoms with Gasteiger partial charge < -0.3 is 21.3 Å². The zero-order valence-electron chi connectivity index (χ0n) is 13.2. The van der Waals surface area contributed by atoms with E-state index in [-0.39, 0.29) is 0 Å². The number of nitrogens with one attached hydrogen (secondary N) is 2. The van der Waals surface area contributed by atoms with Crippen molar-refractivity contribution in [2.24, 2.45) is 0 Å². The molecule has 0 aliphatic carbocycles. The summed E-state index contributed by atoms with van der Waals surface area (Å²) >= 11 is 0. The van der Waals surface area contributed by atoms with Crippen molar-refractivity contribution in [1.29, 1.82) is 0 Å². The number of hydrogen-bond acceptors (Lipinski definition) is 4. The van der Waals surface area contributed by atoms with E-state index in [0.717, 1.165) is 48.0 Å². The number of anilines is 1. The first-order chi connectivity index (χ1) is 10.5.